The summed E-state index contributed by atoms with van der Waals surface area (Å²) < 4.78 is 47.5. The lowest BCUT2D eigenvalue weighted by atomic mass is 9.98. The van der Waals surface area contributed by atoms with E-state index in [0.717, 1.165) is 53.6 Å². The molecule has 0 aromatic rings. The van der Waals surface area contributed by atoms with E-state index in [4.69, 9.17) is 28.0 Å². The molecular formula is C26H48NO13P. The smallest absolute Gasteiger partial charge is 0.339 e. The minimum atomic E-state index is -5.04. The Morgan fingerprint density at radius 1 is 0.780 bits per heavy atom. The van der Waals surface area contributed by atoms with E-state index in [0.29, 0.717) is 6.42 Å². The normalized spacial score (nSPS) is 23.4. The lowest BCUT2D eigenvalue weighted by molar-refractivity contribution is -0.894. The van der Waals surface area contributed by atoms with E-state index in [1.165, 1.54) is 19.6 Å². The number of quaternary nitrogens is 1. The van der Waals surface area contributed by atoms with E-state index in [9.17, 15) is 28.6 Å². The average molecular weight is 614 g/mol. The molecular weight excluding hydrogens is 565 g/mol. The molecule has 0 aliphatic carbocycles. The molecule has 1 aliphatic heterocycles. The molecule has 0 radical (unpaired) electrons. The summed E-state index contributed by atoms with van der Waals surface area (Å²) in [5.74, 6) is -3.80. The summed E-state index contributed by atoms with van der Waals surface area (Å²) in [7, 11) is -4.03. The SMILES string of the molecule is CCCCCCCOP(=O)([O-])O[C@@H]1O[C@H](C(=O)OC)[C@@H](OC(C)=O)[C@H](OC(C)=O)[C@H]1OC(C)=O.CC[NH+](CC)CC. The minimum Gasteiger partial charge on any atom is -0.756 e. The maximum absolute atomic E-state index is 12.4. The van der Waals surface area contributed by atoms with Gasteiger partial charge in [-0.25, -0.2) is 4.79 Å². The molecule has 240 valence electrons. The first-order chi connectivity index (χ1) is 19.3. The number of carbonyl (C=O) groups is 4. The standard InChI is InChI=1S/C20H33O13P.C6H15N/c1-6-7-8-9-10-11-28-34(25,26)33-20-18(31-14(4)23)16(30-13(3)22)15(29-12(2)21)17(32-20)19(24)27-5;1-4-7(5-2)6-3/h15-18,20H,6-11H2,1-5H3,(H,25,26);4-6H2,1-3H3/t15-,16-,17-,18+,20-;/m0./s1. The van der Waals surface area contributed by atoms with Gasteiger partial charge in [0.25, 0.3) is 7.82 Å². The van der Waals surface area contributed by atoms with E-state index < -0.39 is 62.4 Å². The number of methoxy groups -OCH3 is 1. The number of phosphoric ester groups is 1. The topological polar surface area (TPSA) is 177 Å². The van der Waals surface area contributed by atoms with Crippen molar-refractivity contribution in [1.29, 1.82) is 0 Å². The van der Waals surface area contributed by atoms with Crippen LogP contribution in [0.4, 0.5) is 0 Å². The number of rotatable bonds is 16. The third-order valence-electron chi connectivity index (χ3n) is 6.06. The Bertz CT molecular complexity index is 846. The Morgan fingerprint density at radius 2 is 1.27 bits per heavy atom. The predicted octanol–water partition coefficient (Wildman–Crippen LogP) is 1.08. The second-order valence-corrected chi connectivity index (χ2v) is 10.6. The van der Waals surface area contributed by atoms with Crippen molar-refractivity contribution in [1.82, 2.24) is 0 Å². The van der Waals surface area contributed by atoms with Crippen LogP contribution in [0.1, 0.15) is 80.6 Å². The van der Waals surface area contributed by atoms with Crippen LogP contribution < -0.4 is 9.79 Å². The van der Waals surface area contributed by atoms with Crippen LogP contribution in [-0.4, -0.2) is 87.9 Å². The van der Waals surface area contributed by atoms with E-state index >= 15 is 0 Å². The molecule has 1 rings (SSSR count). The van der Waals surface area contributed by atoms with Gasteiger partial charge in [-0.1, -0.05) is 32.6 Å². The number of hydrogen-bond acceptors (Lipinski definition) is 13. The Morgan fingerprint density at radius 3 is 1.71 bits per heavy atom. The van der Waals surface area contributed by atoms with Crippen LogP contribution in [0, 0.1) is 0 Å². The van der Waals surface area contributed by atoms with Crippen LogP contribution in [0.15, 0.2) is 0 Å². The molecule has 0 saturated carbocycles. The first-order valence-corrected chi connectivity index (χ1v) is 15.4. The highest BCUT2D eigenvalue weighted by molar-refractivity contribution is 7.45. The van der Waals surface area contributed by atoms with Crippen molar-refractivity contribution in [3.63, 3.8) is 0 Å². The van der Waals surface area contributed by atoms with Gasteiger partial charge in [0.05, 0.1) is 33.4 Å². The van der Waals surface area contributed by atoms with E-state index in [1.807, 2.05) is 6.92 Å². The molecule has 14 nitrogen and oxygen atoms in total. The fourth-order valence-corrected chi connectivity index (χ4v) is 4.79. The zero-order valence-corrected chi connectivity index (χ0v) is 26.4. The average Bonchev–Trinajstić information content (AvgIpc) is 2.89. The molecule has 1 heterocycles. The van der Waals surface area contributed by atoms with Crippen molar-refractivity contribution >= 4 is 31.7 Å². The van der Waals surface area contributed by atoms with Crippen molar-refractivity contribution in [3.8, 4) is 0 Å². The van der Waals surface area contributed by atoms with Crippen LogP contribution in [0.5, 0.6) is 0 Å². The summed E-state index contributed by atoms with van der Waals surface area (Å²) in [5.41, 5.74) is 0. The van der Waals surface area contributed by atoms with Crippen molar-refractivity contribution in [2.24, 2.45) is 0 Å². The number of nitrogens with one attached hydrogen (secondary N) is 1. The van der Waals surface area contributed by atoms with Crippen LogP contribution in [0.25, 0.3) is 0 Å². The van der Waals surface area contributed by atoms with Crippen LogP contribution in [0.2, 0.25) is 0 Å². The molecule has 0 aromatic carbocycles. The maximum atomic E-state index is 12.4. The van der Waals surface area contributed by atoms with Gasteiger partial charge in [0, 0.05) is 20.8 Å². The van der Waals surface area contributed by atoms with E-state index in [1.54, 1.807) is 4.90 Å². The van der Waals surface area contributed by atoms with Gasteiger partial charge in [0.15, 0.2) is 24.4 Å². The molecule has 1 aliphatic rings. The van der Waals surface area contributed by atoms with Crippen molar-refractivity contribution in [2.45, 2.75) is 111 Å². The summed E-state index contributed by atoms with van der Waals surface area (Å²) in [5, 5.41) is 0. The number of phosphoric acid groups is 1. The van der Waals surface area contributed by atoms with Gasteiger partial charge in [-0.05, 0) is 27.2 Å². The highest BCUT2D eigenvalue weighted by Crippen LogP contribution is 2.44. The molecule has 1 N–H and O–H groups in total. The Hall–Kier alpha value is -2.09. The van der Waals surface area contributed by atoms with Gasteiger partial charge in [0.2, 0.25) is 6.29 Å². The summed E-state index contributed by atoms with van der Waals surface area (Å²) in [6.45, 7) is 15.4. The van der Waals surface area contributed by atoms with E-state index in [-0.39, 0.29) is 6.61 Å². The van der Waals surface area contributed by atoms with Gasteiger partial charge >= 0.3 is 23.9 Å². The van der Waals surface area contributed by atoms with Gasteiger partial charge in [0.1, 0.15) is 0 Å². The number of unbranched alkanes of at least 4 members (excludes halogenated alkanes) is 4. The Balaban J connectivity index is 0.00000201. The van der Waals surface area contributed by atoms with Gasteiger partial charge in [-0.2, -0.15) is 0 Å². The molecule has 1 unspecified atom stereocenters. The summed E-state index contributed by atoms with van der Waals surface area (Å²) in [6.07, 6.45) is -4.67. The number of carbonyl (C=O) groups excluding carboxylic acids is 4. The first-order valence-electron chi connectivity index (χ1n) is 14.0. The minimum absolute atomic E-state index is 0.167. The Kier molecular flexibility index (Phi) is 19.7. The fourth-order valence-electron chi connectivity index (χ4n) is 3.95. The molecule has 15 heteroatoms. The monoisotopic (exact) mass is 613 g/mol. The number of hydrogen-bond donors (Lipinski definition) is 1. The zero-order valence-electron chi connectivity index (χ0n) is 25.5. The molecule has 6 atom stereocenters. The highest BCUT2D eigenvalue weighted by Gasteiger charge is 2.56. The number of ether oxygens (including phenoxy) is 5. The molecule has 0 bridgehead atoms. The van der Waals surface area contributed by atoms with Crippen molar-refractivity contribution in [3.05, 3.63) is 0 Å². The molecule has 1 fully saturated rings. The molecule has 1 saturated heterocycles. The first kappa shape index (κ1) is 38.9. The molecule has 0 spiro atoms. The maximum Gasteiger partial charge on any atom is 0.339 e. The predicted molar refractivity (Wildman–Crippen MR) is 143 cm³/mol. The zero-order chi connectivity index (χ0) is 31.6. The summed E-state index contributed by atoms with van der Waals surface area (Å²) in [6, 6.07) is 0. The quantitative estimate of drug-likeness (QED) is 0.113. The third-order valence-corrected chi connectivity index (χ3v) is 7.03. The fraction of sp³-hybridized carbons (Fsp3) is 0.846. The third kappa shape index (κ3) is 15.6. The van der Waals surface area contributed by atoms with Gasteiger partial charge in [-0.15, -0.1) is 0 Å². The number of esters is 4. The van der Waals surface area contributed by atoms with E-state index in [2.05, 4.69) is 25.5 Å². The van der Waals surface area contributed by atoms with Crippen LogP contribution in [0.3, 0.4) is 0 Å². The van der Waals surface area contributed by atoms with Gasteiger partial charge in [-0.3, -0.25) is 23.5 Å². The van der Waals surface area contributed by atoms with Gasteiger partial charge < -0.3 is 38.0 Å². The lowest BCUT2D eigenvalue weighted by Crippen LogP contribution is -3.11. The lowest BCUT2D eigenvalue weighted by Gasteiger charge is -2.44. The molecule has 0 aromatic heterocycles. The van der Waals surface area contributed by atoms with Crippen LogP contribution >= 0.6 is 7.82 Å². The van der Waals surface area contributed by atoms with Crippen LogP contribution in [-0.2, 0) is 56.5 Å². The van der Waals surface area contributed by atoms with Crippen molar-refractivity contribution < 1.29 is 66.3 Å². The largest absolute Gasteiger partial charge is 0.756 e. The van der Waals surface area contributed by atoms with Crippen molar-refractivity contribution in [2.75, 3.05) is 33.4 Å². The molecule has 41 heavy (non-hydrogen) atoms. The summed E-state index contributed by atoms with van der Waals surface area (Å²) >= 11 is 0. The summed E-state index contributed by atoms with van der Waals surface area (Å²) in [4.78, 5) is 61.4. The second-order valence-electron chi connectivity index (χ2n) is 9.28. The Labute approximate surface area is 242 Å². The highest BCUT2D eigenvalue weighted by atomic mass is 31.2. The molecule has 0 amide bonds. The second kappa shape index (κ2) is 20.7.